The second-order valence-corrected chi connectivity index (χ2v) is 7.01. The molecule has 6 nitrogen and oxygen atoms in total. The Balaban J connectivity index is 1.78. The molecule has 0 unspecified atom stereocenters. The largest absolute Gasteiger partial charge is 0.497 e. The van der Waals surface area contributed by atoms with Gasteiger partial charge in [0.15, 0.2) is 5.84 Å². The number of amides is 1. The lowest BCUT2D eigenvalue weighted by Crippen LogP contribution is -2.32. The van der Waals surface area contributed by atoms with Crippen LogP contribution in [0.4, 0.5) is 5.69 Å². The van der Waals surface area contributed by atoms with Gasteiger partial charge in [-0.05, 0) is 67.1 Å². The number of amidine groups is 1. The van der Waals surface area contributed by atoms with E-state index < -0.39 is 0 Å². The zero-order valence-corrected chi connectivity index (χ0v) is 18.2. The molecule has 0 radical (unpaired) electrons. The number of nitrogens with zero attached hydrogens (tertiary/aromatic N) is 2. The molecule has 0 spiro atoms. The van der Waals surface area contributed by atoms with Crippen LogP contribution >= 0.6 is 0 Å². The van der Waals surface area contributed by atoms with Gasteiger partial charge in [-0.2, -0.15) is 0 Å². The summed E-state index contributed by atoms with van der Waals surface area (Å²) in [4.78, 5) is 19.8. The maximum Gasteiger partial charge on any atom is 0.282 e. The number of para-hydroxylation sites is 1. The average Bonchev–Trinajstić information content (AvgIpc) is 3.16. The van der Waals surface area contributed by atoms with Gasteiger partial charge in [-0.3, -0.25) is 9.69 Å². The van der Waals surface area contributed by atoms with E-state index in [1.165, 1.54) is 0 Å². The normalized spacial score (nSPS) is 14.5. The number of benzene rings is 3. The number of ether oxygens (including phenoxy) is 3. The van der Waals surface area contributed by atoms with Crippen molar-refractivity contribution in [3.8, 4) is 17.2 Å². The monoisotopic (exact) mass is 428 g/mol. The van der Waals surface area contributed by atoms with Crippen molar-refractivity contribution in [1.82, 2.24) is 0 Å². The van der Waals surface area contributed by atoms with E-state index >= 15 is 0 Å². The molecule has 1 amide bonds. The second kappa shape index (κ2) is 9.39. The molecule has 0 bridgehead atoms. The predicted octanol–water partition coefficient (Wildman–Crippen LogP) is 4.94. The molecular formula is C26H24N2O4. The third-order valence-electron chi connectivity index (χ3n) is 5.03. The molecule has 0 aliphatic carbocycles. The van der Waals surface area contributed by atoms with Crippen LogP contribution in [0.3, 0.4) is 0 Å². The van der Waals surface area contributed by atoms with Crippen molar-refractivity contribution in [2.24, 2.45) is 4.99 Å². The molecule has 1 heterocycles. The van der Waals surface area contributed by atoms with Gasteiger partial charge >= 0.3 is 0 Å². The summed E-state index contributed by atoms with van der Waals surface area (Å²) in [5.74, 6) is 2.42. The molecule has 162 valence electrons. The zero-order chi connectivity index (χ0) is 22.5. The predicted molar refractivity (Wildman–Crippen MR) is 126 cm³/mol. The maximum absolute atomic E-state index is 13.5. The van der Waals surface area contributed by atoms with Crippen molar-refractivity contribution in [3.63, 3.8) is 0 Å². The molecule has 0 N–H and O–H groups in total. The smallest absolute Gasteiger partial charge is 0.282 e. The molecule has 6 heteroatoms. The van der Waals surface area contributed by atoms with E-state index in [0.29, 0.717) is 35.3 Å². The number of carbonyl (C=O) groups excluding carboxylic acids is 1. The molecule has 0 atom stereocenters. The summed E-state index contributed by atoms with van der Waals surface area (Å²) >= 11 is 0. The minimum atomic E-state index is -0.218. The Morgan fingerprint density at radius 2 is 1.56 bits per heavy atom. The van der Waals surface area contributed by atoms with E-state index in [1.54, 1.807) is 25.2 Å². The first-order valence-electron chi connectivity index (χ1n) is 10.3. The summed E-state index contributed by atoms with van der Waals surface area (Å²) in [7, 11) is 3.21. The SMILES string of the molecule is CCOc1ccc(/C=C2/N=C(c3ccccc3OC)N(c3ccc(OC)cc3)C2=O)cc1. The highest BCUT2D eigenvalue weighted by atomic mass is 16.5. The minimum absolute atomic E-state index is 0.218. The third-order valence-corrected chi connectivity index (χ3v) is 5.03. The molecule has 4 rings (SSSR count). The summed E-state index contributed by atoms with van der Waals surface area (Å²) in [6, 6.07) is 22.4. The van der Waals surface area contributed by atoms with Crippen LogP contribution in [0.15, 0.2) is 83.5 Å². The van der Waals surface area contributed by atoms with Crippen molar-refractivity contribution in [3.05, 3.63) is 89.6 Å². The summed E-state index contributed by atoms with van der Waals surface area (Å²) < 4.78 is 16.3. The number of rotatable bonds is 7. The van der Waals surface area contributed by atoms with E-state index in [2.05, 4.69) is 0 Å². The van der Waals surface area contributed by atoms with E-state index in [9.17, 15) is 4.79 Å². The first-order chi connectivity index (χ1) is 15.6. The lowest BCUT2D eigenvalue weighted by Gasteiger charge is -2.20. The van der Waals surface area contributed by atoms with Gasteiger partial charge in [0.2, 0.25) is 0 Å². The Morgan fingerprint density at radius 1 is 0.875 bits per heavy atom. The van der Waals surface area contributed by atoms with Crippen molar-refractivity contribution in [2.75, 3.05) is 25.7 Å². The first-order valence-corrected chi connectivity index (χ1v) is 10.3. The molecule has 1 aliphatic heterocycles. The number of aliphatic imine (C=N–C) groups is 1. The Kier molecular flexibility index (Phi) is 6.22. The zero-order valence-electron chi connectivity index (χ0n) is 18.2. The number of carbonyl (C=O) groups is 1. The van der Waals surface area contributed by atoms with Gasteiger partial charge in [-0.1, -0.05) is 24.3 Å². The van der Waals surface area contributed by atoms with E-state index in [1.807, 2.05) is 79.7 Å². The lowest BCUT2D eigenvalue weighted by atomic mass is 10.1. The fourth-order valence-corrected chi connectivity index (χ4v) is 3.48. The quantitative estimate of drug-likeness (QED) is 0.500. The Labute approximate surface area is 187 Å². The van der Waals surface area contributed by atoms with E-state index in [0.717, 1.165) is 16.9 Å². The summed E-state index contributed by atoms with van der Waals surface area (Å²) in [6.07, 6.45) is 1.77. The van der Waals surface area contributed by atoms with Gasteiger partial charge in [0, 0.05) is 0 Å². The number of methoxy groups -OCH3 is 2. The van der Waals surface area contributed by atoms with Crippen LogP contribution in [0, 0.1) is 0 Å². The van der Waals surface area contributed by atoms with Crippen molar-refractivity contribution >= 4 is 23.5 Å². The molecule has 3 aromatic rings. The molecule has 3 aromatic carbocycles. The van der Waals surface area contributed by atoms with E-state index in [-0.39, 0.29) is 5.91 Å². The molecule has 32 heavy (non-hydrogen) atoms. The van der Waals surface area contributed by atoms with Crippen LogP contribution < -0.4 is 19.1 Å². The second-order valence-electron chi connectivity index (χ2n) is 7.01. The van der Waals surface area contributed by atoms with Gasteiger partial charge in [0.1, 0.15) is 22.9 Å². The molecular weight excluding hydrogens is 404 g/mol. The molecule has 0 saturated heterocycles. The summed E-state index contributed by atoms with van der Waals surface area (Å²) in [5.41, 5.74) is 2.62. The Hall–Kier alpha value is -4.06. The number of hydrogen-bond donors (Lipinski definition) is 0. The summed E-state index contributed by atoms with van der Waals surface area (Å²) in [5, 5.41) is 0. The third kappa shape index (κ3) is 4.21. The maximum atomic E-state index is 13.5. The van der Waals surface area contributed by atoms with Crippen LogP contribution in [-0.2, 0) is 4.79 Å². The van der Waals surface area contributed by atoms with Gasteiger partial charge in [-0.15, -0.1) is 0 Å². The average molecular weight is 428 g/mol. The van der Waals surface area contributed by atoms with Gasteiger partial charge < -0.3 is 14.2 Å². The Morgan fingerprint density at radius 3 is 2.22 bits per heavy atom. The fourth-order valence-electron chi connectivity index (χ4n) is 3.48. The van der Waals surface area contributed by atoms with E-state index in [4.69, 9.17) is 19.2 Å². The fraction of sp³-hybridized carbons (Fsp3) is 0.154. The summed E-state index contributed by atoms with van der Waals surface area (Å²) in [6.45, 7) is 2.54. The first kappa shape index (κ1) is 21.2. The Bertz CT molecular complexity index is 1170. The van der Waals surface area contributed by atoms with Crippen LogP contribution in [0.1, 0.15) is 18.1 Å². The van der Waals surface area contributed by atoms with Crippen LogP contribution in [0.5, 0.6) is 17.2 Å². The van der Waals surface area contributed by atoms with Crippen LogP contribution in [0.25, 0.3) is 6.08 Å². The number of anilines is 1. The van der Waals surface area contributed by atoms with Crippen molar-refractivity contribution in [2.45, 2.75) is 6.92 Å². The highest BCUT2D eigenvalue weighted by Crippen LogP contribution is 2.32. The van der Waals surface area contributed by atoms with Crippen LogP contribution in [0.2, 0.25) is 0 Å². The van der Waals surface area contributed by atoms with Gasteiger partial charge in [0.05, 0.1) is 32.1 Å². The topological polar surface area (TPSA) is 60.4 Å². The van der Waals surface area contributed by atoms with Crippen molar-refractivity contribution < 1.29 is 19.0 Å². The van der Waals surface area contributed by atoms with Crippen LogP contribution in [-0.4, -0.2) is 32.6 Å². The molecule has 0 aromatic heterocycles. The molecule has 0 fully saturated rings. The molecule has 1 aliphatic rings. The van der Waals surface area contributed by atoms with Gasteiger partial charge in [0.25, 0.3) is 5.91 Å². The minimum Gasteiger partial charge on any atom is -0.497 e. The highest BCUT2D eigenvalue weighted by Gasteiger charge is 2.33. The lowest BCUT2D eigenvalue weighted by molar-refractivity contribution is -0.113. The standard InChI is InChI=1S/C26H24N2O4/c1-4-32-21-13-9-18(10-14-21)17-23-26(29)28(19-11-15-20(30-2)16-12-19)25(27-23)22-7-5-6-8-24(22)31-3/h5-17H,4H2,1-3H3/b23-17+. The van der Waals surface area contributed by atoms with Gasteiger partial charge in [-0.25, -0.2) is 4.99 Å². The molecule has 0 saturated carbocycles. The highest BCUT2D eigenvalue weighted by molar-refractivity contribution is 6.33. The number of hydrogen-bond acceptors (Lipinski definition) is 5. The van der Waals surface area contributed by atoms with Crippen molar-refractivity contribution in [1.29, 1.82) is 0 Å².